The van der Waals surface area contributed by atoms with Crippen LogP contribution in [-0.4, -0.2) is 39.7 Å². The lowest BCUT2D eigenvalue weighted by Gasteiger charge is -2.31. The van der Waals surface area contributed by atoms with E-state index in [-0.39, 0.29) is 28.8 Å². The van der Waals surface area contributed by atoms with Crippen molar-refractivity contribution in [2.45, 2.75) is 38.1 Å². The van der Waals surface area contributed by atoms with E-state index >= 15 is 0 Å². The second kappa shape index (κ2) is 9.33. The van der Waals surface area contributed by atoms with Crippen LogP contribution in [0.3, 0.4) is 0 Å². The summed E-state index contributed by atoms with van der Waals surface area (Å²) in [6, 6.07) is 9.29. The maximum absolute atomic E-state index is 13.1. The van der Waals surface area contributed by atoms with Crippen LogP contribution in [0.15, 0.2) is 42.5 Å². The highest BCUT2D eigenvalue weighted by Gasteiger charge is 2.26. The highest BCUT2D eigenvalue weighted by molar-refractivity contribution is 6.09. The smallest absolute Gasteiger partial charge is 0.277 e. The highest BCUT2D eigenvalue weighted by atomic mass is 16.6. The molecule has 10 nitrogen and oxygen atoms in total. The third-order valence-electron chi connectivity index (χ3n) is 5.43. The Kier molecular flexibility index (Phi) is 6.58. The highest BCUT2D eigenvalue weighted by Crippen LogP contribution is 2.27. The predicted octanol–water partition coefficient (Wildman–Crippen LogP) is 4.16. The number of amides is 2. The van der Waals surface area contributed by atoms with E-state index < -0.39 is 27.1 Å². The van der Waals surface area contributed by atoms with Gasteiger partial charge in [-0.2, -0.15) is 0 Å². The monoisotopic (exact) mass is 426 g/mol. The van der Waals surface area contributed by atoms with Crippen molar-refractivity contribution in [1.82, 2.24) is 4.90 Å². The second-order valence-corrected chi connectivity index (χ2v) is 7.46. The summed E-state index contributed by atoms with van der Waals surface area (Å²) in [5.74, 6) is -1.03. The van der Waals surface area contributed by atoms with Gasteiger partial charge in [0.1, 0.15) is 0 Å². The van der Waals surface area contributed by atoms with Crippen molar-refractivity contribution >= 4 is 28.9 Å². The summed E-state index contributed by atoms with van der Waals surface area (Å²) in [5, 5.41) is 24.7. The van der Waals surface area contributed by atoms with E-state index in [1.165, 1.54) is 0 Å². The number of hydrogen-bond acceptors (Lipinski definition) is 6. The molecule has 1 aliphatic rings. The molecule has 0 heterocycles. The standard InChI is InChI=1S/C21H22N4O6/c1-23(15-7-3-2-4-8-15)21(27)18-9-5-6-10-19(18)22-20(26)14-11-16(24(28)29)13-17(12-14)25(30)31/h5-6,9-13,15H,2-4,7-8H2,1H3,(H,22,26). The zero-order valence-electron chi connectivity index (χ0n) is 16.9. The fourth-order valence-corrected chi connectivity index (χ4v) is 3.73. The van der Waals surface area contributed by atoms with E-state index in [1.54, 1.807) is 36.2 Å². The minimum atomic E-state index is -0.805. The third kappa shape index (κ3) is 5.03. The Labute approximate surface area is 178 Å². The molecule has 0 aliphatic heterocycles. The van der Waals surface area contributed by atoms with Crippen molar-refractivity contribution in [3.8, 4) is 0 Å². The van der Waals surface area contributed by atoms with Crippen LogP contribution < -0.4 is 5.32 Å². The molecular formula is C21H22N4O6. The fraction of sp³-hybridized carbons (Fsp3) is 0.333. The molecule has 0 atom stereocenters. The lowest BCUT2D eigenvalue weighted by atomic mass is 9.94. The van der Waals surface area contributed by atoms with Gasteiger partial charge in [-0.05, 0) is 25.0 Å². The molecule has 1 fully saturated rings. The molecular weight excluding hydrogens is 404 g/mol. The zero-order chi connectivity index (χ0) is 22.5. The Balaban J connectivity index is 1.87. The number of benzene rings is 2. The van der Waals surface area contributed by atoms with Gasteiger partial charge in [0, 0.05) is 25.2 Å². The number of carbonyl (C=O) groups is 2. The van der Waals surface area contributed by atoms with Crippen molar-refractivity contribution < 1.29 is 19.4 Å². The van der Waals surface area contributed by atoms with Gasteiger partial charge in [0.2, 0.25) is 0 Å². The van der Waals surface area contributed by atoms with E-state index in [0.717, 1.165) is 50.3 Å². The van der Waals surface area contributed by atoms with E-state index in [0.29, 0.717) is 0 Å². The molecule has 0 saturated heterocycles. The van der Waals surface area contributed by atoms with Gasteiger partial charge in [0.05, 0.1) is 32.7 Å². The van der Waals surface area contributed by atoms with Gasteiger partial charge in [-0.25, -0.2) is 0 Å². The molecule has 0 unspecified atom stereocenters. The summed E-state index contributed by atoms with van der Waals surface area (Å²) in [7, 11) is 1.74. The number of nitro groups is 2. The van der Waals surface area contributed by atoms with Gasteiger partial charge in [-0.15, -0.1) is 0 Å². The number of para-hydroxylation sites is 1. The van der Waals surface area contributed by atoms with E-state index in [2.05, 4.69) is 5.32 Å². The molecule has 0 spiro atoms. The van der Waals surface area contributed by atoms with Gasteiger partial charge in [0.15, 0.2) is 0 Å². The molecule has 2 amide bonds. The van der Waals surface area contributed by atoms with Gasteiger partial charge < -0.3 is 10.2 Å². The minimum absolute atomic E-state index is 0.129. The Bertz CT molecular complexity index is 1000. The molecule has 2 aromatic carbocycles. The van der Waals surface area contributed by atoms with Crippen LogP contribution in [0.4, 0.5) is 17.1 Å². The first-order valence-corrected chi connectivity index (χ1v) is 9.89. The third-order valence-corrected chi connectivity index (χ3v) is 5.43. The molecule has 2 aromatic rings. The first-order valence-electron chi connectivity index (χ1n) is 9.89. The number of carbonyl (C=O) groups excluding carboxylic acids is 2. The van der Waals surface area contributed by atoms with Crippen LogP contribution >= 0.6 is 0 Å². The van der Waals surface area contributed by atoms with Crippen molar-refractivity contribution in [2.75, 3.05) is 12.4 Å². The molecule has 31 heavy (non-hydrogen) atoms. The molecule has 162 valence electrons. The molecule has 0 radical (unpaired) electrons. The minimum Gasteiger partial charge on any atom is -0.339 e. The molecule has 1 aliphatic carbocycles. The molecule has 10 heteroatoms. The molecule has 1 N–H and O–H groups in total. The Morgan fingerprint density at radius 2 is 1.55 bits per heavy atom. The summed E-state index contributed by atoms with van der Waals surface area (Å²) >= 11 is 0. The number of rotatable bonds is 6. The largest absolute Gasteiger partial charge is 0.339 e. The van der Waals surface area contributed by atoms with E-state index in [1.807, 2.05) is 0 Å². The van der Waals surface area contributed by atoms with Crippen molar-refractivity contribution in [3.05, 3.63) is 73.8 Å². The van der Waals surface area contributed by atoms with Crippen LogP contribution in [-0.2, 0) is 0 Å². The van der Waals surface area contributed by atoms with Crippen molar-refractivity contribution in [2.24, 2.45) is 0 Å². The number of nitrogens with one attached hydrogen (secondary N) is 1. The lowest BCUT2D eigenvalue weighted by molar-refractivity contribution is -0.394. The first-order chi connectivity index (χ1) is 14.8. The van der Waals surface area contributed by atoms with Gasteiger partial charge >= 0.3 is 0 Å². The first kappa shape index (κ1) is 21.9. The number of nitro benzene ring substituents is 2. The topological polar surface area (TPSA) is 136 Å². The van der Waals surface area contributed by atoms with Crippen LogP contribution in [0.1, 0.15) is 52.8 Å². The summed E-state index contributed by atoms with van der Waals surface area (Å²) in [4.78, 5) is 48.0. The van der Waals surface area contributed by atoms with E-state index in [4.69, 9.17) is 0 Å². The fourth-order valence-electron chi connectivity index (χ4n) is 3.73. The average Bonchev–Trinajstić information content (AvgIpc) is 2.78. The van der Waals surface area contributed by atoms with Crippen LogP contribution in [0.2, 0.25) is 0 Å². The van der Waals surface area contributed by atoms with Crippen LogP contribution in [0, 0.1) is 20.2 Å². The van der Waals surface area contributed by atoms with Gasteiger partial charge in [0.25, 0.3) is 23.2 Å². The van der Waals surface area contributed by atoms with Crippen LogP contribution in [0.5, 0.6) is 0 Å². The Morgan fingerprint density at radius 1 is 0.968 bits per heavy atom. The normalized spacial score (nSPS) is 14.0. The molecule has 1 saturated carbocycles. The summed E-state index contributed by atoms with van der Waals surface area (Å²) in [6.45, 7) is 0. The average molecular weight is 426 g/mol. The number of anilines is 1. The molecule has 0 bridgehead atoms. The summed E-state index contributed by atoms with van der Waals surface area (Å²) < 4.78 is 0. The summed E-state index contributed by atoms with van der Waals surface area (Å²) in [5.41, 5.74) is -0.872. The number of hydrogen-bond donors (Lipinski definition) is 1. The Morgan fingerprint density at radius 3 is 2.13 bits per heavy atom. The molecule has 0 aromatic heterocycles. The lowest BCUT2D eigenvalue weighted by Crippen LogP contribution is -2.38. The second-order valence-electron chi connectivity index (χ2n) is 7.46. The quantitative estimate of drug-likeness (QED) is 0.544. The van der Waals surface area contributed by atoms with E-state index in [9.17, 15) is 29.8 Å². The van der Waals surface area contributed by atoms with Gasteiger partial charge in [-0.1, -0.05) is 31.4 Å². The predicted molar refractivity (Wildman–Crippen MR) is 113 cm³/mol. The number of non-ortho nitro benzene ring substituents is 2. The maximum Gasteiger partial charge on any atom is 0.277 e. The number of nitrogens with zero attached hydrogens (tertiary/aromatic N) is 3. The zero-order valence-corrected chi connectivity index (χ0v) is 16.9. The Hall–Kier alpha value is -3.82. The maximum atomic E-state index is 13.1. The molecule has 3 rings (SSSR count). The summed E-state index contributed by atoms with van der Waals surface area (Å²) in [6.07, 6.45) is 5.13. The van der Waals surface area contributed by atoms with Crippen molar-refractivity contribution in [3.63, 3.8) is 0 Å². The SMILES string of the molecule is CN(C(=O)c1ccccc1NC(=O)c1cc([N+](=O)[O-])cc([N+](=O)[O-])c1)C1CCCCC1. The van der Waals surface area contributed by atoms with Crippen molar-refractivity contribution in [1.29, 1.82) is 0 Å². The van der Waals surface area contributed by atoms with Crippen LogP contribution in [0.25, 0.3) is 0 Å². The van der Waals surface area contributed by atoms with Gasteiger partial charge in [-0.3, -0.25) is 29.8 Å².